The van der Waals surface area contributed by atoms with Crippen molar-refractivity contribution in [3.8, 4) is 0 Å². The topological polar surface area (TPSA) is 97.4 Å². The van der Waals surface area contributed by atoms with Crippen molar-refractivity contribution >= 4 is 19.8 Å². The van der Waals surface area contributed by atoms with E-state index in [0.29, 0.717) is 12.1 Å². The van der Waals surface area contributed by atoms with Gasteiger partial charge in [0, 0.05) is 11.8 Å². The van der Waals surface area contributed by atoms with Gasteiger partial charge in [0.1, 0.15) is 6.10 Å². The summed E-state index contributed by atoms with van der Waals surface area (Å²) in [6.45, 7) is 16.6. The first-order valence-corrected chi connectivity index (χ1v) is 14.4. The number of rotatable bonds is 10. The van der Waals surface area contributed by atoms with E-state index >= 15 is 0 Å². The first-order valence-electron chi connectivity index (χ1n) is 11.5. The average Bonchev–Trinajstić information content (AvgIpc) is 3.39. The van der Waals surface area contributed by atoms with Gasteiger partial charge in [-0.3, -0.25) is 4.79 Å². The van der Waals surface area contributed by atoms with E-state index < -0.39 is 26.4 Å². The molecule has 0 saturated carbocycles. The Morgan fingerprint density at radius 2 is 2.06 bits per heavy atom. The molecule has 1 heterocycles. The molecule has 0 aromatic heterocycles. The molecule has 2 rings (SSSR count). The maximum absolute atomic E-state index is 13.4. The summed E-state index contributed by atoms with van der Waals surface area (Å²) in [4.78, 5) is 13.4. The Bertz CT molecular complexity index is 802. The van der Waals surface area contributed by atoms with Crippen LogP contribution in [0.5, 0.6) is 0 Å². The van der Waals surface area contributed by atoms with Gasteiger partial charge >= 0.3 is 0 Å². The lowest BCUT2D eigenvalue weighted by atomic mass is 9.68. The molecule has 1 saturated heterocycles. The molecular weight excluding hydrogens is 427 g/mol. The number of carbonyl (C=O) groups excluding carboxylic acids is 1. The Morgan fingerprint density at radius 3 is 2.56 bits per heavy atom. The predicted molar refractivity (Wildman–Crippen MR) is 129 cm³/mol. The fourth-order valence-electron chi connectivity index (χ4n) is 4.47. The summed E-state index contributed by atoms with van der Waals surface area (Å²) in [6, 6.07) is 0. The van der Waals surface area contributed by atoms with Crippen LogP contribution in [0.4, 0.5) is 4.39 Å². The summed E-state index contributed by atoms with van der Waals surface area (Å²) in [5.41, 5.74) is 0.425. The van der Waals surface area contributed by atoms with Crippen LogP contribution in [-0.2, 0) is 14.0 Å². The molecule has 5 atom stereocenters. The number of hydrazone groups is 1. The number of nitrogens with zero attached hydrogens (tertiary/aromatic N) is 1. The van der Waals surface area contributed by atoms with Crippen molar-refractivity contribution < 1.29 is 23.5 Å². The lowest BCUT2D eigenvalue weighted by molar-refractivity contribution is -0.128. The van der Waals surface area contributed by atoms with E-state index in [1.54, 1.807) is 0 Å². The van der Waals surface area contributed by atoms with Crippen molar-refractivity contribution in [3.63, 3.8) is 0 Å². The van der Waals surface area contributed by atoms with Crippen molar-refractivity contribution in [1.82, 2.24) is 0 Å². The highest BCUT2D eigenvalue weighted by molar-refractivity contribution is 6.74. The van der Waals surface area contributed by atoms with Crippen LogP contribution >= 0.6 is 0 Å². The van der Waals surface area contributed by atoms with Crippen molar-refractivity contribution in [2.45, 2.75) is 97.0 Å². The summed E-state index contributed by atoms with van der Waals surface area (Å²) >= 11 is 0. The number of allylic oxidation sites excluding steroid dienone is 4. The third-order valence-corrected chi connectivity index (χ3v) is 12.1. The Labute approximate surface area is 193 Å². The van der Waals surface area contributed by atoms with Crippen molar-refractivity contribution in [3.05, 3.63) is 23.8 Å². The monoisotopic (exact) mass is 468 g/mol. The number of ether oxygens (including phenoxy) is 1. The van der Waals surface area contributed by atoms with Crippen LogP contribution in [0.3, 0.4) is 0 Å². The highest BCUT2D eigenvalue weighted by Gasteiger charge is 2.65. The third kappa shape index (κ3) is 5.41. The predicted octanol–water partition coefficient (Wildman–Crippen LogP) is 4.65. The van der Waals surface area contributed by atoms with Gasteiger partial charge in [-0.05, 0) is 49.0 Å². The van der Waals surface area contributed by atoms with Gasteiger partial charge in [0.05, 0.1) is 12.3 Å². The van der Waals surface area contributed by atoms with Gasteiger partial charge in [0.25, 0.3) is 0 Å². The van der Waals surface area contributed by atoms with E-state index in [2.05, 4.69) is 58.9 Å². The number of carbonyl (C=O) groups is 1. The molecule has 0 amide bonds. The SMILES string of the molecule is CCC1=C/C(=N/N)C=CC1(C)C[C@@H](C)[C@@]1(C(=O)CO[Si](C)(C)C(C)(C)C)O[C@H]1CC(O)F. The maximum Gasteiger partial charge on any atom is 0.198 e. The molecule has 0 spiro atoms. The zero-order valence-corrected chi connectivity index (χ0v) is 21.9. The number of aliphatic hydroxyl groups excluding tert-OH is 1. The minimum absolute atomic E-state index is 0.0333. The largest absolute Gasteiger partial charge is 0.409 e. The Morgan fingerprint density at radius 1 is 1.44 bits per heavy atom. The number of ketones is 1. The van der Waals surface area contributed by atoms with Gasteiger partial charge in [0.2, 0.25) is 0 Å². The Balaban J connectivity index is 2.25. The molecule has 0 radical (unpaired) electrons. The molecule has 0 bridgehead atoms. The third-order valence-electron chi connectivity index (χ3n) is 7.64. The fraction of sp³-hybridized carbons (Fsp3) is 0.750. The lowest BCUT2D eigenvalue weighted by Gasteiger charge is -2.37. The summed E-state index contributed by atoms with van der Waals surface area (Å²) in [7, 11) is -2.14. The van der Waals surface area contributed by atoms with E-state index in [1.807, 2.05) is 19.1 Å². The Hall–Kier alpha value is -1.35. The standard InChI is InChI=1S/C24H41FN2O4Si/c1-9-17-12-18(27-26)10-11-23(17,6)14-16(2)24(20(31-24)13-21(25)29)19(28)15-30-32(7,8)22(3,4)5/h10-12,16,20-21,29H,9,13-15,26H2,1-8H3/b27-18+/t16-,20+,21?,23?,24+/m1/s1. The fourth-order valence-corrected chi connectivity index (χ4v) is 5.40. The van der Waals surface area contributed by atoms with Crippen molar-refractivity contribution in [2.75, 3.05) is 6.61 Å². The normalized spacial score (nSPS) is 31.4. The van der Waals surface area contributed by atoms with E-state index in [9.17, 15) is 14.3 Å². The molecule has 1 aliphatic heterocycles. The lowest BCUT2D eigenvalue weighted by Crippen LogP contribution is -2.46. The van der Waals surface area contributed by atoms with Crippen LogP contribution in [-0.4, -0.2) is 49.6 Å². The van der Waals surface area contributed by atoms with Gasteiger partial charge in [-0.25, -0.2) is 4.39 Å². The Kier molecular flexibility index (Phi) is 7.97. The van der Waals surface area contributed by atoms with Crippen LogP contribution in [0.2, 0.25) is 18.1 Å². The number of epoxide rings is 1. The molecule has 0 aromatic rings. The van der Waals surface area contributed by atoms with E-state index in [0.717, 1.165) is 6.42 Å². The van der Waals surface area contributed by atoms with Gasteiger partial charge in [-0.2, -0.15) is 5.10 Å². The smallest absolute Gasteiger partial charge is 0.198 e. The zero-order valence-electron chi connectivity index (χ0n) is 20.9. The van der Waals surface area contributed by atoms with E-state index in [-0.39, 0.29) is 35.2 Å². The van der Waals surface area contributed by atoms with Crippen LogP contribution in [0.25, 0.3) is 0 Å². The quantitative estimate of drug-likeness (QED) is 0.211. The first kappa shape index (κ1) is 26.9. The number of aliphatic hydroxyl groups is 1. The van der Waals surface area contributed by atoms with Crippen LogP contribution < -0.4 is 5.84 Å². The summed E-state index contributed by atoms with van der Waals surface area (Å²) in [5.74, 6) is 5.07. The molecule has 32 heavy (non-hydrogen) atoms. The molecular formula is C24H41FN2O4Si. The number of alkyl halides is 1. The van der Waals surface area contributed by atoms with Crippen LogP contribution in [0.1, 0.15) is 60.8 Å². The summed E-state index contributed by atoms with van der Waals surface area (Å²) < 4.78 is 25.5. The number of Topliss-reactive ketones (excluding diaryl/α,β-unsaturated/α-hetero) is 1. The molecule has 1 fully saturated rings. The second-order valence-corrected chi connectivity index (χ2v) is 15.8. The molecule has 3 N–H and O–H groups in total. The molecule has 8 heteroatoms. The highest BCUT2D eigenvalue weighted by atomic mass is 28.4. The highest BCUT2D eigenvalue weighted by Crippen LogP contribution is 2.52. The number of halogens is 1. The second-order valence-electron chi connectivity index (χ2n) is 11.0. The maximum atomic E-state index is 13.4. The van der Waals surface area contributed by atoms with Crippen LogP contribution in [0, 0.1) is 11.3 Å². The van der Waals surface area contributed by atoms with Crippen molar-refractivity contribution in [1.29, 1.82) is 0 Å². The minimum Gasteiger partial charge on any atom is -0.409 e. The number of nitrogens with two attached hydrogens (primary N) is 1. The minimum atomic E-state index is -2.14. The van der Waals surface area contributed by atoms with Crippen molar-refractivity contribution in [2.24, 2.45) is 22.3 Å². The van der Waals surface area contributed by atoms with Crippen LogP contribution in [0.15, 0.2) is 28.9 Å². The summed E-state index contributed by atoms with van der Waals surface area (Å²) in [6.07, 6.45) is 4.49. The van der Waals surface area contributed by atoms with Gasteiger partial charge in [0.15, 0.2) is 26.1 Å². The van der Waals surface area contributed by atoms with Gasteiger partial charge < -0.3 is 20.1 Å². The van der Waals surface area contributed by atoms with Gasteiger partial charge in [-0.1, -0.05) is 53.2 Å². The zero-order chi connectivity index (χ0) is 24.5. The average molecular weight is 469 g/mol. The molecule has 1 aliphatic carbocycles. The molecule has 2 unspecified atom stereocenters. The first-order chi connectivity index (χ1) is 14.6. The molecule has 6 nitrogen and oxygen atoms in total. The summed E-state index contributed by atoms with van der Waals surface area (Å²) in [5, 5.41) is 13.1. The number of hydrogen-bond donors (Lipinski definition) is 2. The molecule has 182 valence electrons. The molecule has 0 aromatic carbocycles. The number of hydrogen-bond acceptors (Lipinski definition) is 6. The van der Waals surface area contributed by atoms with E-state index in [1.165, 1.54) is 5.57 Å². The van der Waals surface area contributed by atoms with Gasteiger partial charge in [-0.15, -0.1) is 0 Å². The molecule has 2 aliphatic rings. The second kappa shape index (κ2) is 9.48. The van der Waals surface area contributed by atoms with E-state index in [4.69, 9.17) is 15.0 Å².